The number of hydrogen-bond donors (Lipinski definition) is 0. The zero-order chi connectivity index (χ0) is 17.2. The summed E-state index contributed by atoms with van der Waals surface area (Å²) < 4.78 is 40.2. The Hall–Kier alpha value is -1.99. The van der Waals surface area contributed by atoms with Gasteiger partial charge in [-0.1, -0.05) is 18.2 Å². The molecule has 1 N–H and O–H groups in total. The maximum Gasteiger partial charge on any atom is 0.274 e. The highest BCUT2D eigenvalue weighted by molar-refractivity contribution is 7.89. The lowest BCUT2D eigenvalue weighted by Crippen LogP contribution is -2.30. The number of H-pyrrole nitrogens is 1. The third-order valence-corrected chi connectivity index (χ3v) is 6.14. The monoisotopic (exact) mass is 350 g/mol. The van der Waals surface area contributed by atoms with Crippen LogP contribution in [-0.4, -0.2) is 32.9 Å². The summed E-state index contributed by atoms with van der Waals surface area (Å²) in [5.74, 6) is 0.469. The van der Waals surface area contributed by atoms with Crippen molar-refractivity contribution in [1.82, 2.24) is 4.31 Å². The van der Waals surface area contributed by atoms with Gasteiger partial charge in [0.15, 0.2) is 0 Å². The Balaban J connectivity index is 1.75. The molecular weight excluding hydrogens is 329 g/mol. The number of aromatic amines is 1. The van der Waals surface area contributed by atoms with Crippen LogP contribution in [0.5, 0.6) is 0 Å². The number of nitrogens with one attached hydrogen (secondary N) is 1. The topological polar surface area (TPSA) is 54.8 Å². The maximum absolute atomic E-state index is 13.7. The highest BCUT2D eigenvalue weighted by Gasteiger charge is 2.28. The van der Waals surface area contributed by atoms with Crippen LogP contribution >= 0.6 is 0 Å². The summed E-state index contributed by atoms with van der Waals surface area (Å²) in [4.78, 5) is 5.10. The fourth-order valence-electron chi connectivity index (χ4n) is 2.85. The number of anilines is 1. The van der Waals surface area contributed by atoms with Crippen molar-refractivity contribution >= 4 is 15.8 Å². The normalized spacial score (nSPS) is 15.6. The number of pyridine rings is 1. The van der Waals surface area contributed by atoms with Crippen molar-refractivity contribution in [3.63, 3.8) is 0 Å². The zero-order valence-electron chi connectivity index (χ0n) is 13.6. The van der Waals surface area contributed by atoms with E-state index in [9.17, 15) is 12.8 Å². The van der Waals surface area contributed by atoms with Gasteiger partial charge in [0, 0.05) is 24.7 Å². The number of nitrogens with zero attached hydrogens (tertiary/aromatic N) is 2. The standard InChI is InChI=1S/C17H20FN3O2S/c1-20(13-14-6-2-3-7-16(14)18)17-9-8-15(12-19-17)24(22,23)21-10-4-5-11-21/h2-3,6-9,12H,4-5,10-11,13H2,1H3/p+1. The van der Waals surface area contributed by atoms with Gasteiger partial charge in [-0.25, -0.2) is 17.8 Å². The Morgan fingerprint density at radius 1 is 1.17 bits per heavy atom. The van der Waals surface area contributed by atoms with E-state index in [0.29, 0.717) is 25.2 Å². The molecule has 0 aliphatic carbocycles. The zero-order valence-corrected chi connectivity index (χ0v) is 14.4. The molecule has 1 fully saturated rings. The van der Waals surface area contributed by atoms with Gasteiger partial charge in [-0.3, -0.25) is 4.90 Å². The molecule has 1 saturated heterocycles. The molecule has 3 rings (SSSR count). The Kier molecular flexibility index (Phi) is 4.82. The van der Waals surface area contributed by atoms with E-state index in [1.165, 1.54) is 16.6 Å². The summed E-state index contributed by atoms with van der Waals surface area (Å²) in [5.41, 5.74) is 0.585. The smallest absolute Gasteiger partial charge is 0.260 e. The van der Waals surface area contributed by atoms with Gasteiger partial charge in [0.2, 0.25) is 10.0 Å². The second-order valence-electron chi connectivity index (χ2n) is 5.97. The quantitative estimate of drug-likeness (QED) is 0.829. The van der Waals surface area contributed by atoms with E-state index >= 15 is 0 Å². The van der Waals surface area contributed by atoms with E-state index in [1.54, 1.807) is 30.3 Å². The lowest BCUT2D eigenvalue weighted by molar-refractivity contribution is -0.367. The molecule has 24 heavy (non-hydrogen) atoms. The van der Waals surface area contributed by atoms with Crippen LogP contribution in [-0.2, 0) is 16.6 Å². The second kappa shape index (κ2) is 6.86. The molecular formula is C17H21FN3O2S+. The Morgan fingerprint density at radius 3 is 2.50 bits per heavy atom. The third kappa shape index (κ3) is 3.42. The summed E-state index contributed by atoms with van der Waals surface area (Å²) in [6, 6.07) is 9.92. The van der Waals surface area contributed by atoms with Gasteiger partial charge in [-0.15, -0.1) is 0 Å². The number of sulfonamides is 1. The summed E-state index contributed by atoms with van der Waals surface area (Å²) in [6.45, 7) is 1.55. The van der Waals surface area contributed by atoms with Gasteiger partial charge < -0.3 is 0 Å². The van der Waals surface area contributed by atoms with E-state index < -0.39 is 10.0 Å². The first-order valence-electron chi connectivity index (χ1n) is 7.95. The summed E-state index contributed by atoms with van der Waals surface area (Å²) in [6.07, 6.45) is 3.32. The molecule has 0 unspecified atom stereocenters. The van der Waals surface area contributed by atoms with Gasteiger partial charge in [0.25, 0.3) is 5.82 Å². The fourth-order valence-corrected chi connectivity index (χ4v) is 4.33. The Morgan fingerprint density at radius 2 is 1.88 bits per heavy atom. The van der Waals surface area contributed by atoms with E-state index in [1.807, 2.05) is 11.9 Å². The third-order valence-electron chi connectivity index (χ3n) is 4.25. The molecule has 7 heteroatoms. The molecule has 1 aliphatic rings. The predicted octanol–water partition coefficient (Wildman–Crippen LogP) is 2.06. The predicted molar refractivity (Wildman–Crippen MR) is 89.5 cm³/mol. The van der Waals surface area contributed by atoms with E-state index in [-0.39, 0.29) is 10.7 Å². The Labute approximate surface area is 141 Å². The van der Waals surface area contributed by atoms with Gasteiger partial charge in [0.05, 0.1) is 7.05 Å². The number of hydrogen-bond acceptors (Lipinski definition) is 3. The van der Waals surface area contributed by atoms with Crippen LogP contribution in [0.1, 0.15) is 18.4 Å². The van der Waals surface area contributed by atoms with Crippen LogP contribution < -0.4 is 9.88 Å². The average molecular weight is 350 g/mol. The summed E-state index contributed by atoms with van der Waals surface area (Å²) in [5, 5.41) is 0. The van der Waals surface area contributed by atoms with Crippen LogP contribution in [0.4, 0.5) is 10.2 Å². The van der Waals surface area contributed by atoms with Crippen LogP contribution in [0.2, 0.25) is 0 Å². The molecule has 0 bridgehead atoms. The molecule has 0 saturated carbocycles. The lowest BCUT2D eigenvalue weighted by atomic mass is 10.2. The average Bonchev–Trinajstić information content (AvgIpc) is 3.12. The molecule has 0 radical (unpaired) electrons. The Bertz CT molecular complexity index is 803. The van der Waals surface area contributed by atoms with E-state index in [2.05, 4.69) is 4.98 Å². The first-order valence-corrected chi connectivity index (χ1v) is 9.39. The highest BCUT2D eigenvalue weighted by atomic mass is 32.2. The van der Waals surface area contributed by atoms with Crippen molar-refractivity contribution in [1.29, 1.82) is 0 Å². The van der Waals surface area contributed by atoms with Crippen LogP contribution in [0, 0.1) is 5.82 Å². The minimum absolute atomic E-state index is 0.252. The van der Waals surface area contributed by atoms with Crippen molar-refractivity contribution in [2.75, 3.05) is 25.0 Å². The van der Waals surface area contributed by atoms with Crippen LogP contribution in [0.25, 0.3) is 0 Å². The first kappa shape index (κ1) is 16.9. The number of benzene rings is 1. The molecule has 2 aromatic rings. The minimum atomic E-state index is -3.42. The second-order valence-corrected chi connectivity index (χ2v) is 7.91. The van der Waals surface area contributed by atoms with E-state index in [0.717, 1.165) is 18.7 Å². The molecule has 0 atom stereocenters. The highest BCUT2D eigenvalue weighted by Crippen LogP contribution is 2.21. The lowest BCUT2D eigenvalue weighted by Gasteiger charge is -2.15. The maximum atomic E-state index is 13.7. The molecule has 0 amide bonds. The number of aromatic nitrogens is 1. The fraction of sp³-hybridized carbons (Fsp3) is 0.353. The molecule has 1 aromatic heterocycles. The van der Waals surface area contributed by atoms with Crippen molar-refractivity contribution in [2.45, 2.75) is 24.3 Å². The van der Waals surface area contributed by atoms with Crippen molar-refractivity contribution in [2.24, 2.45) is 0 Å². The van der Waals surface area contributed by atoms with Crippen molar-refractivity contribution < 1.29 is 17.8 Å². The summed E-state index contributed by atoms with van der Waals surface area (Å²) in [7, 11) is -1.60. The van der Waals surface area contributed by atoms with Crippen molar-refractivity contribution in [3.8, 4) is 0 Å². The molecule has 5 nitrogen and oxygen atoms in total. The van der Waals surface area contributed by atoms with Crippen molar-refractivity contribution in [3.05, 3.63) is 54.0 Å². The van der Waals surface area contributed by atoms with Gasteiger partial charge in [-0.05, 0) is 25.0 Å². The van der Waals surface area contributed by atoms with Crippen LogP contribution in [0.15, 0.2) is 47.5 Å². The first-order chi connectivity index (χ1) is 11.5. The minimum Gasteiger partial charge on any atom is -0.260 e. The molecule has 1 aromatic carbocycles. The van der Waals surface area contributed by atoms with Gasteiger partial charge in [0.1, 0.15) is 23.5 Å². The summed E-state index contributed by atoms with van der Waals surface area (Å²) >= 11 is 0. The molecule has 0 spiro atoms. The molecule has 128 valence electrons. The van der Waals surface area contributed by atoms with Crippen LogP contribution in [0.3, 0.4) is 0 Å². The van der Waals surface area contributed by atoms with Gasteiger partial charge >= 0.3 is 0 Å². The number of halogens is 1. The largest absolute Gasteiger partial charge is 0.274 e. The molecule has 2 heterocycles. The SMILES string of the molecule is CN(Cc1ccccc1F)c1ccc(S(=O)(=O)N2CCCC2)c[nH+]1. The number of rotatable bonds is 5. The van der Waals surface area contributed by atoms with Gasteiger partial charge in [-0.2, -0.15) is 4.31 Å². The van der Waals surface area contributed by atoms with E-state index in [4.69, 9.17) is 0 Å². The molecule has 1 aliphatic heterocycles.